The van der Waals surface area contributed by atoms with Crippen LogP contribution in [0.3, 0.4) is 0 Å². The number of rotatable bonds is 8. The van der Waals surface area contributed by atoms with Gasteiger partial charge in [0.1, 0.15) is 0 Å². The molecule has 0 radical (unpaired) electrons. The van der Waals surface area contributed by atoms with E-state index in [1.54, 1.807) is 0 Å². The molecule has 26 heavy (non-hydrogen) atoms. The van der Waals surface area contributed by atoms with Gasteiger partial charge in [-0.1, -0.05) is 0 Å². The Hall–Kier alpha value is 0.510. The van der Waals surface area contributed by atoms with Crippen molar-refractivity contribution in [2.75, 3.05) is 0 Å². The van der Waals surface area contributed by atoms with Crippen LogP contribution in [0.2, 0.25) is 0 Å². The van der Waals surface area contributed by atoms with E-state index in [2.05, 4.69) is 17.2 Å². The fourth-order valence-electron chi connectivity index (χ4n) is 0.574. The van der Waals surface area contributed by atoms with Crippen molar-refractivity contribution in [2.24, 2.45) is 0 Å². The quantitative estimate of drug-likeness (QED) is 0.199. The zero-order valence-electron chi connectivity index (χ0n) is 12.6. The average molecular weight is 503 g/mol. The molecule has 2 unspecified atom stereocenters. The van der Waals surface area contributed by atoms with E-state index in [9.17, 15) is 22.8 Å². The molecular weight excluding hydrogens is 481 g/mol. The molecule has 0 aliphatic carbocycles. The monoisotopic (exact) mass is 503 g/mol. The number of hydrogen-bond donors (Lipinski definition) is 12. The van der Waals surface area contributed by atoms with Gasteiger partial charge in [0.15, 0.2) is 0 Å². The van der Waals surface area contributed by atoms with Crippen LogP contribution in [-0.2, 0) is 40.1 Å². The van der Waals surface area contributed by atoms with Crippen LogP contribution in [0.25, 0.3) is 0 Å². The highest BCUT2D eigenvalue weighted by atomic mass is 31.3. The van der Waals surface area contributed by atoms with Crippen LogP contribution in [0.4, 0.5) is 0 Å². The van der Waals surface area contributed by atoms with Crippen molar-refractivity contribution in [1.29, 1.82) is 0 Å². The van der Waals surface area contributed by atoms with E-state index in [0.29, 0.717) is 0 Å². The molecule has 0 aromatic carbocycles. The standard InChI is InChI=1S/5H3N.H7O16P5/c;;;;;1-17(2,3)13-19(7,8)15-21(11,12)16-20(9,10)14-18(4,5)6/h5*1H3;(H,7,8)(H,9,10)(H,11,12)(H2,1,2,3)(H2,4,5,6). The molecule has 0 saturated heterocycles. The van der Waals surface area contributed by atoms with Crippen molar-refractivity contribution >= 4 is 39.1 Å². The lowest BCUT2D eigenvalue weighted by Gasteiger charge is -2.18. The Balaban J connectivity index is -0.000000200. The predicted octanol–water partition coefficient (Wildman–Crippen LogP) is 0.349. The van der Waals surface area contributed by atoms with Crippen LogP contribution < -0.4 is 30.8 Å². The lowest BCUT2D eigenvalue weighted by Crippen LogP contribution is -1.97. The van der Waals surface area contributed by atoms with Crippen molar-refractivity contribution < 1.29 is 74.3 Å². The van der Waals surface area contributed by atoms with Crippen molar-refractivity contribution in [3.63, 3.8) is 0 Å². The molecule has 0 aliphatic heterocycles. The van der Waals surface area contributed by atoms with E-state index < -0.39 is 39.1 Å². The molecule has 21 nitrogen and oxygen atoms in total. The summed E-state index contributed by atoms with van der Waals surface area (Å²) in [4.78, 5) is 58.7. The third kappa shape index (κ3) is 22.6. The second kappa shape index (κ2) is 12.9. The first-order valence-electron chi connectivity index (χ1n) is 3.77. The van der Waals surface area contributed by atoms with E-state index in [1.807, 2.05) is 0 Å². The minimum atomic E-state index is -6.07. The van der Waals surface area contributed by atoms with E-state index in [0.717, 1.165) is 0 Å². The van der Waals surface area contributed by atoms with Crippen molar-refractivity contribution in [3.05, 3.63) is 0 Å². The lowest BCUT2D eigenvalue weighted by atomic mass is 14.0. The van der Waals surface area contributed by atoms with Gasteiger partial charge in [0.2, 0.25) is 0 Å². The largest absolute Gasteiger partial charge is 0.490 e. The summed E-state index contributed by atoms with van der Waals surface area (Å²) >= 11 is 0. The summed E-state index contributed by atoms with van der Waals surface area (Å²) in [7, 11) is -29.3. The van der Waals surface area contributed by atoms with Gasteiger partial charge in [0.25, 0.3) is 0 Å². The topological polar surface area (TPSA) is 439 Å². The third-order valence-corrected chi connectivity index (χ3v) is 7.49. The Morgan fingerprint density at radius 1 is 0.385 bits per heavy atom. The molecule has 0 saturated carbocycles. The number of hydrogen-bond acceptors (Lipinski definition) is 14. The molecule has 168 valence electrons. The molecule has 0 fully saturated rings. The molecule has 0 spiro atoms. The molecule has 0 amide bonds. The zero-order chi connectivity index (χ0) is 17.3. The highest BCUT2D eigenvalue weighted by Crippen LogP contribution is 2.72. The average Bonchev–Trinajstić information content (AvgIpc) is 1.83. The second-order valence-corrected chi connectivity index (χ2v) is 10.1. The van der Waals surface area contributed by atoms with E-state index in [-0.39, 0.29) is 30.8 Å². The molecule has 0 aromatic heterocycles. The normalized spacial score (nSPS) is 17.8. The van der Waals surface area contributed by atoms with Gasteiger partial charge in [-0.2, -0.15) is 17.2 Å². The molecule has 0 aromatic rings. The first-order valence-corrected chi connectivity index (χ1v) is 11.3. The maximum Gasteiger partial charge on any atom is 0.490 e. The fraction of sp³-hybridized carbons (Fsp3) is 0. The smallest absolute Gasteiger partial charge is 0.344 e. The summed E-state index contributed by atoms with van der Waals surface area (Å²) in [5, 5.41) is 0. The summed E-state index contributed by atoms with van der Waals surface area (Å²) in [5.41, 5.74) is 0. The second-order valence-electron chi connectivity index (χ2n) is 2.71. The number of phosphoric acid groups is 5. The summed E-state index contributed by atoms with van der Waals surface area (Å²) in [6, 6.07) is 0. The predicted molar refractivity (Wildman–Crippen MR) is 83.0 cm³/mol. The highest BCUT2D eigenvalue weighted by Gasteiger charge is 2.46. The summed E-state index contributed by atoms with van der Waals surface area (Å²) in [6.07, 6.45) is 0. The maximum atomic E-state index is 11.0. The van der Waals surface area contributed by atoms with Gasteiger partial charge < -0.3 is 65.0 Å². The van der Waals surface area contributed by atoms with Gasteiger partial charge >= 0.3 is 39.1 Å². The SMILES string of the molecule is N.N.N.N.N.O=P(O)(O)OP(=O)(O)OP(=O)(O)OP(=O)(O)OP(=O)(O)O. The molecule has 2 atom stereocenters. The molecule has 26 heteroatoms. The van der Waals surface area contributed by atoms with E-state index in [4.69, 9.17) is 34.3 Å². The third-order valence-electron chi connectivity index (χ3n) is 0.832. The molecule has 22 N–H and O–H groups in total. The molecular formula is H22N5O16P5. The summed E-state index contributed by atoms with van der Waals surface area (Å²) in [6.45, 7) is 0. The van der Waals surface area contributed by atoms with Crippen LogP contribution in [0, 0.1) is 0 Å². The van der Waals surface area contributed by atoms with E-state index >= 15 is 0 Å². The Morgan fingerprint density at radius 3 is 0.692 bits per heavy atom. The van der Waals surface area contributed by atoms with Gasteiger partial charge in [0.05, 0.1) is 0 Å². The van der Waals surface area contributed by atoms with Crippen molar-refractivity contribution in [1.82, 2.24) is 30.8 Å². The molecule has 0 bridgehead atoms. The molecule has 0 aliphatic rings. The zero-order valence-corrected chi connectivity index (χ0v) is 17.0. The highest BCUT2D eigenvalue weighted by molar-refractivity contribution is 7.71. The van der Waals surface area contributed by atoms with Crippen LogP contribution in [0.1, 0.15) is 0 Å². The fourth-order valence-corrected chi connectivity index (χ4v) is 5.97. The van der Waals surface area contributed by atoms with Crippen molar-refractivity contribution in [3.8, 4) is 0 Å². The Bertz CT molecular complexity index is 565. The van der Waals surface area contributed by atoms with Crippen LogP contribution in [0.15, 0.2) is 0 Å². The Kier molecular flexibility index (Phi) is 20.3. The van der Waals surface area contributed by atoms with E-state index in [1.165, 1.54) is 0 Å². The van der Waals surface area contributed by atoms with Crippen LogP contribution >= 0.6 is 39.1 Å². The Labute approximate surface area is 145 Å². The van der Waals surface area contributed by atoms with Gasteiger partial charge in [-0.15, -0.1) is 0 Å². The van der Waals surface area contributed by atoms with Gasteiger partial charge in [-0.05, 0) is 0 Å². The molecule has 0 rings (SSSR count). The summed E-state index contributed by atoms with van der Waals surface area (Å²) < 4.78 is 65.6. The van der Waals surface area contributed by atoms with Gasteiger partial charge in [-0.25, -0.2) is 22.8 Å². The van der Waals surface area contributed by atoms with Crippen LogP contribution in [0.5, 0.6) is 0 Å². The summed E-state index contributed by atoms with van der Waals surface area (Å²) in [5.74, 6) is 0. The molecule has 0 heterocycles. The first-order chi connectivity index (χ1) is 8.83. The van der Waals surface area contributed by atoms with Gasteiger partial charge in [-0.3, -0.25) is 0 Å². The van der Waals surface area contributed by atoms with Crippen molar-refractivity contribution in [2.45, 2.75) is 0 Å². The first kappa shape index (κ1) is 41.0. The maximum absolute atomic E-state index is 11.0. The van der Waals surface area contributed by atoms with Gasteiger partial charge in [0, 0.05) is 0 Å². The van der Waals surface area contributed by atoms with Crippen LogP contribution in [-0.4, -0.2) is 34.3 Å². The minimum absolute atomic E-state index is 0. The lowest BCUT2D eigenvalue weighted by molar-refractivity contribution is 0.188. The Morgan fingerprint density at radius 2 is 0.538 bits per heavy atom. The minimum Gasteiger partial charge on any atom is -0.344 e.